The number of nitrogens with one attached hydrogen (secondary N) is 1. The van der Waals surface area contributed by atoms with Crippen LogP contribution >= 0.6 is 0 Å². The van der Waals surface area contributed by atoms with E-state index in [1.165, 1.54) is 0 Å². The molecule has 1 heterocycles. The number of β-amino-alcohol motifs (C(OH)–C–C–N with tert-alkyl or cyclic N) is 1. The molecular formula is C14H19N3O3. The average Bonchev–Trinajstić information content (AvgIpc) is 2.45. The molecule has 1 fully saturated rings. The number of hydrogen-bond donors (Lipinski definition) is 3. The van der Waals surface area contributed by atoms with Crippen LogP contribution in [-0.4, -0.2) is 41.1 Å². The molecule has 1 aliphatic heterocycles. The van der Waals surface area contributed by atoms with Gasteiger partial charge in [0.05, 0.1) is 6.10 Å². The highest BCUT2D eigenvalue weighted by Gasteiger charge is 2.21. The van der Waals surface area contributed by atoms with Crippen molar-refractivity contribution in [2.24, 2.45) is 5.73 Å². The van der Waals surface area contributed by atoms with Crippen molar-refractivity contribution in [3.63, 3.8) is 0 Å². The summed E-state index contributed by atoms with van der Waals surface area (Å²) >= 11 is 0. The summed E-state index contributed by atoms with van der Waals surface area (Å²) in [5.41, 5.74) is 6.44. The maximum Gasteiger partial charge on any atom is 0.317 e. The molecule has 20 heavy (non-hydrogen) atoms. The molecule has 1 aromatic rings. The molecule has 0 spiro atoms. The third-order valence-corrected chi connectivity index (χ3v) is 3.34. The molecule has 1 saturated heterocycles. The molecule has 6 heteroatoms. The van der Waals surface area contributed by atoms with Crippen molar-refractivity contribution in [2.45, 2.75) is 25.5 Å². The van der Waals surface area contributed by atoms with Gasteiger partial charge in [-0.05, 0) is 30.5 Å². The van der Waals surface area contributed by atoms with E-state index in [1.807, 2.05) is 6.07 Å². The van der Waals surface area contributed by atoms with Crippen molar-refractivity contribution >= 4 is 11.9 Å². The molecule has 0 saturated carbocycles. The fourth-order valence-corrected chi connectivity index (χ4v) is 2.26. The highest BCUT2D eigenvalue weighted by atomic mass is 16.3. The lowest BCUT2D eigenvalue weighted by molar-refractivity contribution is 0.0841. The molecule has 0 aliphatic carbocycles. The summed E-state index contributed by atoms with van der Waals surface area (Å²) in [7, 11) is 0. The maximum atomic E-state index is 11.9. The number of likely N-dealkylation sites (tertiary alicyclic amines) is 1. The lowest BCUT2D eigenvalue weighted by atomic mass is 10.1. The van der Waals surface area contributed by atoms with Crippen molar-refractivity contribution in [2.75, 3.05) is 13.1 Å². The van der Waals surface area contributed by atoms with Gasteiger partial charge in [-0.2, -0.15) is 0 Å². The second kappa shape index (κ2) is 6.38. The fourth-order valence-electron chi connectivity index (χ4n) is 2.26. The SMILES string of the molecule is NC(=O)c1cccc(CNC(=O)N2CCCC(O)C2)c1. The van der Waals surface area contributed by atoms with E-state index in [4.69, 9.17) is 5.73 Å². The molecule has 4 N–H and O–H groups in total. The Hall–Kier alpha value is -2.08. The van der Waals surface area contributed by atoms with Crippen molar-refractivity contribution in [3.8, 4) is 0 Å². The van der Waals surface area contributed by atoms with Gasteiger partial charge >= 0.3 is 6.03 Å². The van der Waals surface area contributed by atoms with Gasteiger partial charge in [-0.25, -0.2) is 4.79 Å². The second-order valence-electron chi connectivity index (χ2n) is 4.97. The normalized spacial score (nSPS) is 18.6. The summed E-state index contributed by atoms with van der Waals surface area (Å²) in [5, 5.41) is 12.3. The third kappa shape index (κ3) is 3.71. The van der Waals surface area contributed by atoms with Gasteiger partial charge in [0.15, 0.2) is 0 Å². The van der Waals surface area contributed by atoms with Gasteiger partial charge < -0.3 is 21.1 Å². The van der Waals surface area contributed by atoms with Crippen molar-refractivity contribution in [3.05, 3.63) is 35.4 Å². The van der Waals surface area contributed by atoms with Gasteiger partial charge in [0, 0.05) is 25.2 Å². The second-order valence-corrected chi connectivity index (χ2v) is 4.97. The first-order valence-electron chi connectivity index (χ1n) is 6.66. The van der Waals surface area contributed by atoms with Crippen LogP contribution in [0.4, 0.5) is 4.79 Å². The van der Waals surface area contributed by atoms with Crippen molar-refractivity contribution in [1.29, 1.82) is 0 Å². The summed E-state index contributed by atoms with van der Waals surface area (Å²) in [6, 6.07) is 6.64. The molecule has 1 atom stereocenters. The average molecular weight is 277 g/mol. The Labute approximate surface area is 117 Å². The number of aliphatic hydroxyl groups is 1. The number of urea groups is 1. The van der Waals surface area contributed by atoms with Gasteiger partial charge in [0.1, 0.15) is 0 Å². The number of nitrogens with zero attached hydrogens (tertiary/aromatic N) is 1. The van der Waals surface area contributed by atoms with Gasteiger partial charge in [0.25, 0.3) is 0 Å². The third-order valence-electron chi connectivity index (χ3n) is 3.34. The smallest absolute Gasteiger partial charge is 0.317 e. The standard InChI is InChI=1S/C14H19N3O3/c15-13(19)11-4-1-3-10(7-11)8-16-14(20)17-6-2-5-12(18)9-17/h1,3-4,7,12,18H,2,5-6,8-9H2,(H2,15,19)(H,16,20). The molecule has 6 nitrogen and oxygen atoms in total. The molecule has 3 amide bonds. The van der Waals surface area contributed by atoms with E-state index in [9.17, 15) is 14.7 Å². The molecule has 1 aromatic carbocycles. The minimum atomic E-state index is -0.489. The van der Waals surface area contributed by atoms with Crippen LogP contribution in [0.15, 0.2) is 24.3 Å². The van der Waals surface area contributed by atoms with Crippen LogP contribution < -0.4 is 11.1 Å². The first-order chi connectivity index (χ1) is 9.56. The summed E-state index contributed by atoms with van der Waals surface area (Å²) in [4.78, 5) is 24.6. The lowest BCUT2D eigenvalue weighted by Gasteiger charge is -2.30. The van der Waals surface area contributed by atoms with Crippen molar-refractivity contribution in [1.82, 2.24) is 10.2 Å². The number of primary amides is 1. The monoisotopic (exact) mass is 277 g/mol. The minimum Gasteiger partial charge on any atom is -0.391 e. The molecule has 1 aliphatic rings. The van der Waals surface area contributed by atoms with Crippen LogP contribution in [0.5, 0.6) is 0 Å². The predicted molar refractivity (Wildman–Crippen MR) is 74.0 cm³/mol. The maximum absolute atomic E-state index is 11.9. The molecular weight excluding hydrogens is 258 g/mol. The number of carbonyl (C=O) groups excluding carboxylic acids is 2. The van der Waals surface area contributed by atoms with E-state index in [2.05, 4.69) is 5.32 Å². The molecule has 1 unspecified atom stereocenters. The van der Waals surface area contributed by atoms with E-state index in [-0.39, 0.29) is 6.03 Å². The fraction of sp³-hybridized carbons (Fsp3) is 0.429. The number of carbonyl (C=O) groups is 2. The number of amides is 3. The van der Waals surface area contributed by atoms with Gasteiger partial charge in [-0.1, -0.05) is 12.1 Å². The quantitative estimate of drug-likeness (QED) is 0.748. The summed E-state index contributed by atoms with van der Waals surface area (Å²) in [6.45, 7) is 1.35. The van der Waals surface area contributed by atoms with Gasteiger partial charge in [-0.3, -0.25) is 4.79 Å². The number of piperidine rings is 1. The van der Waals surface area contributed by atoms with Crippen LogP contribution in [0.1, 0.15) is 28.8 Å². The Morgan fingerprint density at radius 3 is 2.95 bits per heavy atom. The van der Waals surface area contributed by atoms with Crippen LogP contribution in [0.25, 0.3) is 0 Å². The lowest BCUT2D eigenvalue weighted by Crippen LogP contribution is -2.46. The highest BCUT2D eigenvalue weighted by molar-refractivity contribution is 5.92. The van der Waals surface area contributed by atoms with Crippen LogP contribution in [0.3, 0.4) is 0 Å². The Morgan fingerprint density at radius 2 is 2.25 bits per heavy atom. The molecule has 0 aromatic heterocycles. The predicted octanol–water partition coefficient (Wildman–Crippen LogP) is 0.452. The Balaban J connectivity index is 1.89. The zero-order valence-electron chi connectivity index (χ0n) is 11.2. The Morgan fingerprint density at radius 1 is 1.45 bits per heavy atom. The van der Waals surface area contributed by atoms with Gasteiger partial charge in [0.2, 0.25) is 5.91 Å². The van der Waals surface area contributed by atoms with Crippen LogP contribution in [-0.2, 0) is 6.54 Å². The summed E-state index contributed by atoms with van der Waals surface area (Å²) in [5.74, 6) is -0.489. The minimum absolute atomic E-state index is 0.201. The summed E-state index contributed by atoms with van der Waals surface area (Å²) < 4.78 is 0. The molecule has 0 radical (unpaired) electrons. The highest BCUT2D eigenvalue weighted by Crippen LogP contribution is 2.10. The molecule has 108 valence electrons. The zero-order chi connectivity index (χ0) is 14.5. The van der Waals surface area contributed by atoms with E-state index in [0.29, 0.717) is 25.2 Å². The van der Waals surface area contributed by atoms with Gasteiger partial charge in [-0.15, -0.1) is 0 Å². The number of hydrogen-bond acceptors (Lipinski definition) is 3. The van der Waals surface area contributed by atoms with E-state index >= 15 is 0 Å². The Kier molecular flexibility index (Phi) is 4.57. The number of nitrogens with two attached hydrogens (primary N) is 1. The Bertz CT molecular complexity index is 504. The first-order valence-corrected chi connectivity index (χ1v) is 6.66. The van der Waals surface area contributed by atoms with E-state index < -0.39 is 12.0 Å². The largest absolute Gasteiger partial charge is 0.391 e. The van der Waals surface area contributed by atoms with Crippen LogP contribution in [0.2, 0.25) is 0 Å². The molecule has 2 rings (SSSR count). The number of benzene rings is 1. The van der Waals surface area contributed by atoms with Crippen LogP contribution in [0, 0.1) is 0 Å². The topological polar surface area (TPSA) is 95.7 Å². The first kappa shape index (κ1) is 14.3. The summed E-state index contributed by atoms with van der Waals surface area (Å²) in [6.07, 6.45) is 1.11. The zero-order valence-corrected chi connectivity index (χ0v) is 11.2. The number of aliphatic hydroxyl groups excluding tert-OH is 1. The van der Waals surface area contributed by atoms with E-state index in [0.717, 1.165) is 18.4 Å². The van der Waals surface area contributed by atoms with Crippen molar-refractivity contribution < 1.29 is 14.7 Å². The number of rotatable bonds is 3. The van der Waals surface area contributed by atoms with E-state index in [1.54, 1.807) is 23.1 Å². The molecule has 0 bridgehead atoms.